The Morgan fingerprint density at radius 2 is 2.25 bits per heavy atom. The van der Waals surface area contributed by atoms with Gasteiger partial charge in [0, 0.05) is 6.92 Å². The summed E-state index contributed by atoms with van der Waals surface area (Å²) < 4.78 is 16.4. The van der Waals surface area contributed by atoms with Crippen LogP contribution in [0, 0.1) is 0 Å². The zero-order valence-electron chi connectivity index (χ0n) is 9.60. The van der Waals surface area contributed by atoms with E-state index in [2.05, 4.69) is 0 Å². The summed E-state index contributed by atoms with van der Waals surface area (Å²) in [6, 6.07) is 0. The first-order valence-corrected chi connectivity index (χ1v) is 5.27. The van der Waals surface area contributed by atoms with Crippen molar-refractivity contribution in [2.75, 3.05) is 6.61 Å². The normalized spacial score (nSPS) is 35.8. The van der Waals surface area contributed by atoms with Crippen LogP contribution in [0.1, 0.15) is 20.8 Å². The van der Waals surface area contributed by atoms with Gasteiger partial charge in [-0.3, -0.25) is 4.79 Å². The molecule has 0 aromatic carbocycles. The van der Waals surface area contributed by atoms with Gasteiger partial charge in [0.05, 0.1) is 6.61 Å². The molecule has 3 atom stereocenters. The van der Waals surface area contributed by atoms with E-state index in [4.69, 9.17) is 14.2 Å². The second-order valence-electron chi connectivity index (χ2n) is 4.49. The molecule has 1 saturated heterocycles. The number of hydrogen-bond acceptors (Lipinski definition) is 5. The average Bonchev–Trinajstić information content (AvgIpc) is 2.60. The van der Waals surface area contributed by atoms with E-state index in [1.807, 2.05) is 0 Å². The molecular formula is C11H16O5. The molecule has 0 saturated carbocycles. The van der Waals surface area contributed by atoms with E-state index in [1.165, 1.54) is 6.92 Å². The molecule has 1 fully saturated rings. The Kier molecular flexibility index (Phi) is 2.77. The fraction of sp³-hybridized carbons (Fsp3) is 0.727. The number of aliphatic hydroxyl groups is 1. The first-order valence-electron chi connectivity index (χ1n) is 5.27. The quantitative estimate of drug-likeness (QED) is 0.546. The minimum atomic E-state index is -0.706. The number of aliphatic hydroxyl groups excluding tert-OH is 1. The molecule has 0 aromatic rings. The van der Waals surface area contributed by atoms with Gasteiger partial charge in [-0.05, 0) is 25.5 Å². The van der Waals surface area contributed by atoms with Crippen molar-refractivity contribution >= 4 is 5.97 Å². The number of carbonyl (C=O) groups is 1. The maximum atomic E-state index is 10.9. The standard InChI is InChI=1S/C11H16O5/c1-6(13)14-8-4-7(5-12)9-10(8)16-11(2,3)15-9/h4,8-10,12H,5H2,1-3H3. The molecule has 1 aliphatic heterocycles. The van der Waals surface area contributed by atoms with E-state index in [-0.39, 0.29) is 24.8 Å². The summed E-state index contributed by atoms with van der Waals surface area (Å²) in [6.45, 7) is 4.83. The van der Waals surface area contributed by atoms with Gasteiger partial charge in [0.25, 0.3) is 0 Å². The van der Waals surface area contributed by atoms with Crippen LogP contribution in [0.5, 0.6) is 0 Å². The van der Waals surface area contributed by atoms with Crippen molar-refractivity contribution in [3.05, 3.63) is 11.6 Å². The highest BCUT2D eigenvalue weighted by Crippen LogP contribution is 2.39. The van der Waals surface area contributed by atoms with Crippen molar-refractivity contribution < 1.29 is 24.1 Å². The molecule has 0 radical (unpaired) electrons. The molecule has 1 heterocycles. The van der Waals surface area contributed by atoms with E-state index in [1.54, 1.807) is 19.9 Å². The zero-order valence-corrected chi connectivity index (χ0v) is 9.60. The van der Waals surface area contributed by atoms with Gasteiger partial charge in [-0.1, -0.05) is 0 Å². The fourth-order valence-corrected chi connectivity index (χ4v) is 2.15. The van der Waals surface area contributed by atoms with Crippen LogP contribution in [0.4, 0.5) is 0 Å². The highest BCUT2D eigenvalue weighted by Gasteiger charge is 2.51. The fourth-order valence-electron chi connectivity index (χ4n) is 2.15. The van der Waals surface area contributed by atoms with Gasteiger partial charge in [0.15, 0.2) is 5.79 Å². The molecule has 1 aliphatic carbocycles. The molecule has 2 aliphatic rings. The molecule has 90 valence electrons. The summed E-state index contributed by atoms with van der Waals surface area (Å²) in [7, 11) is 0. The van der Waals surface area contributed by atoms with Crippen molar-refractivity contribution in [2.24, 2.45) is 0 Å². The first kappa shape index (κ1) is 11.6. The third kappa shape index (κ3) is 1.98. The predicted molar refractivity (Wildman–Crippen MR) is 54.5 cm³/mol. The lowest BCUT2D eigenvalue weighted by atomic mass is 10.1. The molecule has 5 nitrogen and oxygen atoms in total. The van der Waals surface area contributed by atoms with Crippen LogP contribution in [0.15, 0.2) is 11.6 Å². The number of rotatable bonds is 2. The number of fused-ring (bicyclic) bond motifs is 1. The van der Waals surface area contributed by atoms with Crippen LogP contribution < -0.4 is 0 Å². The van der Waals surface area contributed by atoms with E-state index >= 15 is 0 Å². The monoisotopic (exact) mass is 228 g/mol. The molecule has 0 spiro atoms. The Morgan fingerprint density at radius 1 is 1.56 bits per heavy atom. The van der Waals surface area contributed by atoms with Crippen LogP contribution in [-0.2, 0) is 19.0 Å². The lowest BCUT2D eigenvalue weighted by molar-refractivity contribution is -0.166. The van der Waals surface area contributed by atoms with E-state index in [0.29, 0.717) is 5.57 Å². The topological polar surface area (TPSA) is 65.0 Å². The Balaban J connectivity index is 2.17. The number of hydrogen-bond donors (Lipinski definition) is 1. The van der Waals surface area contributed by atoms with Crippen molar-refractivity contribution in [3.63, 3.8) is 0 Å². The minimum absolute atomic E-state index is 0.113. The molecule has 0 bridgehead atoms. The molecule has 0 aromatic heterocycles. The molecule has 0 amide bonds. The smallest absolute Gasteiger partial charge is 0.303 e. The van der Waals surface area contributed by atoms with Gasteiger partial charge in [-0.15, -0.1) is 0 Å². The SMILES string of the molecule is CC(=O)OC1C=C(CO)C2OC(C)(C)OC12. The summed E-state index contributed by atoms with van der Waals surface area (Å²) in [6.07, 6.45) is 0.572. The van der Waals surface area contributed by atoms with Crippen molar-refractivity contribution in [2.45, 2.75) is 44.9 Å². The molecular weight excluding hydrogens is 212 g/mol. The maximum absolute atomic E-state index is 10.9. The molecule has 1 N–H and O–H groups in total. The molecule has 3 unspecified atom stereocenters. The van der Waals surface area contributed by atoms with Crippen molar-refractivity contribution in [1.29, 1.82) is 0 Å². The maximum Gasteiger partial charge on any atom is 0.303 e. The van der Waals surface area contributed by atoms with Crippen LogP contribution in [0.25, 0.3) is 0 Å². The Morgan fingerprint density at radius 3 is 2.81 bits per heavy atom. The first-order chi connectivity index (χ1) is 7.43. The second kappa shape index (κ2) is 3.84. The van der Waals surface area contributed by atoms with Gasteiger partial charge in [-0.2, -0.15) is 0 Å². The number of ether oxygens (including phenoxy) is 3. The summed E-state index contributed by atoms with van der Waals surface area (Å²) in [5.41, 5.74) is 0.710. The summed E-state index contributed by atoms with van der Waals surface area (Å²) in [5.74, 6) is -1.07. The van der Waals surface area contributed by atoms with E-state index < -0.39 is 11.9 Å². The molecule has 16 heavy (non-hydrogen) atoms. The Bertz CT molecular complexity index is 333. The van der Waals surface area contributed by atoms with Crippen LogP contribution in [-0.4, -0.2) is 41.8 Å². The number of carbonyl (C=O) groups excluding carboxylic acids is 1. The van der Waals surface area contributed by atoms with Crippen LogP contribution in [0.3, 0.4) is 0 Å². The summed E-state index contributed by atoms with van der Waals surface area (Å²) in [4.78, 5) is 10.9. The van der Waals surface area contributed by atoms with Crippen LogP contribution >= 0.6 is 0 Å². The molecule has 2 rings (SSSR count). The second-order valence-corrected chi connectivity index (χ2v) is 4.49. The Hall–Kier alpha value is -0.910. The van der Waals surface area contributed by atoms with Gasteiger partial charge in [-0.25, -0.2) is 0 Å². The van der Waals surface area contributed by atoms with Gasteiger partial charge < -0.3 is 19.3 Å². The zero-order chi connectivity index (χ0) is 11.9. The van der Waals surface area contributed by atoms with Gasteiger partial charge >= 0.3 is 5.97 Å². The van der Waals surface area contributed by atoms with Gasteiger partial charge in [0.1, 0.15) is 18.3 Å². The third-order valence-electron chi connectivity index (χ3n) is 2.68. The Labute approximate surface area is 94.0 Å². The van der Waals surface area contributed by atoms with E-state index in [0.717, 1.165) is 0 Å². The average molecular weight is 228 g/mol. The van der Waals surface area contributed by atoms with Crippen LogP contribution in [0.2, 0.25) is 0 Å². The summed E-state index contributed by atoms with van der Waals surface area (Å²) >= 11 is 0. The van der Waals surface area contributed by atoms with Crippen molar-refractivity contribution in [1.82, 2.24) is 0 Å². The largest absolute Gasteiger partial charge is 0.455 e. The highest BCUT2D eigenvalue weighted by molar-refractivity contribution is 5.66. The van der Waals surface area contributed by atoms with Gasteiger partial charge in [0.2, 0.25) is 0 Å². The number of esters is 1. The lowest BCUT2D eigenvalue weighted by Gasteiger charge is -2.20. The minimum Gasteiger partial charge on any atom is -0.455 e. The lowest BCUT2D eigenvalue weighted by Crippen LogP contribution is -2.32. The van der Waals surface area contributed by atoms with Crippen molar-refractivity contribution in [3.8, 4) is 0 Å². The highest BCUT2D eigenvalue weighted by atomic mass is 16.8. The predicted octanol–water partition coefficient (Wildman–Crippen LogP) is 0.371. The molecule has 5 heteroatoms. The summed E-state index contributed by atoms with van der Waals surface area (Å²) in [5, 5.41) is 9.19. The third-order valence-corrected chi connectivity index (χ3v) is 2.68. The van der Waals surface area contributed by atoms with E-state index in [9.17, 15) is 9.90 Å².